The molecule has 18 heavy (non-hydrogen) atoms. The van der Waals surface area contributed by atoms with Crippen molar-refractivity contribution in [3.63, 3.8) is 0 Å². The van der Waals surface area contributed by atoms with E-state index in [1.807, 2.05) is 30.3 Å². The smallest absolute Gasteiger partial charge is 0.311 e. The Bertz CT molecular complexity index is 474. The summed E-state index contributed by atoms with van der Waals surface area (Å²) in [6.45, 7) is 1.09. The average Bonchev–Trinajstić information content (AvgIpc) is 2.87. The number of carbonyl (C=O) groups excluding carboxylic acids is 2. The van der Waals surface area contributed by atoms with Crippen LogP contribution in [0.25, 0.3) is 0 Å². The lowest BCUT2D eigenvalue weighted by Gasteiger charge is -2.37. The number of fused-ring (bicyclic) bond motifs is 1. The van der Waals surface area contributed by atoms with Gasteiger partial charge < -0.3 is 4.90 Å². The minimum Gasteiger partial charge on any atom is -0.311 e. The first kappa shape index (κ1) is 11.1. The predicted molar refractivity (Wildman–Crippen MR) is 65.3 cm³/mol. The number of rotatable bonds is 2. The van der Waals surface area contributed by atoms with Gasteiger partial charge in [-0.1, -0.05) is 30.3 Å². The maximum atomic E-state index is 12.2. The molecule has 2 aliphatic heterocycles. The summed E-state index contributed by atoms with van der Waals surface area (Å²) in [6.07, 6.45) is 1.68. The van der Waals surface area contributed by atoms with Gasteiger partial charge in [0.25, 0.3) is 5.91 Å². The normalized spacial score (nSPS) is 23.0. The topological polar surface area (TPSA) is 52.7 Å². The van der Waals surface area contributed by atoms with Gasteiger partial charge in [0.05, 0.1) is 6.54 Å². The minimum absolute atomic E-state index is 0.0666. The largest absolute Gasteiger partial charge is 0.339 e. The summed E-state index contributed by atoms with van der Waals surface area (Å²) in [7, 11) is 0. The Balaban J connectivity index is 1.77. The molecule has 0 saturated carbocycles. The number of urea groups is 1. The molecule has 94 valence electrons. The number of carbonyl (C=O) groups is 2. The number of hydrazine groups is 1. The summed E-state index contributed by atoms with van der Waals surface area (Å²) in [5.74, 6) is -0.0666. The molecular weight excluding hydrogens is 230 g/mol. The van der Waals surface area contributed by atoms with E-state index in [2.05, 4.69) is 5.43 Å². The maximum Gasteiger partial charge on any atom is 0.339 e. The molecule has 0 aromatic heterocycles. The van der Waals surface area contributed by atoms with Crippen LogP contribution in [0.5, 0.6) is 0 Å². The van der Waals surface area contributed by atoms with Crippen LogP contribution in [0.2, 0.25) is 0 Å². The van der Waals surface area contributed by atoms with Crippen LogP contribution in [-0.2, 0) is 11.3 Å². The Morgan fingerprint density at radius 2 is 2.00 bits per heavy atom. The zero-order chi connectivity index (χ0) is 12.5. The van der Waals surface area contributed by atoms with Crippen molar-refractivity contribution in [2.75, 3.05) is 6.54 Å². The summed E-state index contributed by atoms with van der Waals surface area (Å²) in [5, 5.41) is 1.40. The van der Waals surface area contributed by atoms with Crippen molar-refractivity contribution in [2.45, 2.75) is 25.4 Å². The predicted octanol–water partition coefficient (Wildman–Crippen LogP) is 1.12. The van der Waals surface area contributed by atoms with Crippen LogP contribution < -0.4 is 5.43 Å². The van der Waals surface area contributed by atoms with Crippen LogP contribution in [0.4, 0.5) is 4.79 Å². The van der Waals surface area contributed by atoms with E-state index in [9.17, 15) is 9.59 Å². The molecule has 3 amide bonds. The van der Waals surface area contributed by atoms with Crippen LogP contribution in [0.1, 0.15) is 18.4 Å². The van der Waals surface area contributed by atoms with Crippen LogP contribution in [0.3, 0.4) is 0 Å². The van der Waals surface area contributed by atoms with Crippen molar-refractivity contribution < 1.29 is 9.59 Å². The Morgan fingerprint density at radius 1 is 1.22 bits per heavy atom. The standard InChI is InChI=1S/C13H15N3O2/c17-12-11-7-4-8-15(11)13(18)16(14-12)9-10-5-2-1-3-6-10/h1-3,5-6,11H,4,7-9H2,(H,14,17)/t11-/m0/s1. The van der Waals surface area contributed by atoms with Gasteiger partial charge in [-0.2, -0.15) is 0 Å². The fraction of sp³-hybridized carbons (Fsp3) is 0.385. The zero-order valence-electron chi connectivity index (χ0n) is 10.0. The van der Waals surface area contributed by atoms with Crippen LogP contribution >= 0.6 is 0 Å². The summed E-state index contributed by atoms with van der Waals surface area (Å²) in [6, 6.07) is 9.29. The van der Waals surface area contributed by atoms with Crippen molar-refractivity contribution in [1.29, 1.82) is 0 Å². The third-order valence-electron chi connectivity index (χ3n) is 3.46. The van der Waals surface area contributed by atoms with Crippen molar-refractivity contribution in [1.82, 2.24) is 15.3 Å². The third-order valence-corrected chi connectivity index (χ3v) is 3.46. The molecule has 1 aromatic rings. The second kappa shape index (κ2) is 4.33. The lowest BCUT2D eigenvalue weighted by atomic mass is 10.2. The maximum absolute atomic E-state index is 12.2. The monoisotopic (exact) mass is 245 g/mol. The van der Waals surface area contributed by atoms with Crippen molar-refractivity contribution in [3.8, 4) is 0 Å². The number of amides is 3. The van der Waals surface area contributed by atoms with Gasteiger partial charge in [0.15, 0.2) is 0 Å². The number of nitrogens with zero attached hydrogens (tertiary/aromatic N) is 2. The number of benzene rings is 1. The highest BCUT2D eigenvalue weighted by atomic mass is 16.2. The first-order valence-electron chi connectivity index (χ1n) is 6.18. The second-order valence-electron chi connectivity index (χ2n) is 4.68. The van der Waals surface area contributed by atoms with Gasteiger partial charge in [-0.15, -0.1) is 0 Å². The van der Waals surface area contributed by atoms with Crippen molar-refractivity contribution >= 4 is 11.9 Å². The molecule has 2 aliphatic rings. The molecule has 2 saturated heterocycles. The molecule has 5 heteroatoms. The highest BCUT2D eigenvalue weighted by molar-refractivity contribution is 5.92. The molecule has 0 radical (unpaired) electrons. The SMILES string of the molecule is O=C1NN(Cc2ccccc2)C(=O)N2CCC[C@@H]12. The highest BCUT2D eigenvalue weighted by Crippen LogP contribution is 2.22. The molecule has 2 heterocycles. The summed E-state index contributed by atoms with van der Waals surface area (Å²) in [4.78, 5) is 25.7. The van der Waals surface area contributed by atoms with E-state index in [-0.39, 0.29) is 18.0 Å². The first-order chi connectivity index (χ1) is 8.75. The van der Waals surface area contributed by atoms with Crippen molar-refractivity contribution in [2.24, 2.45) is 0 Å². The molecule has 2 fully saturated rings. The van der Waals surface area contributed by atoms with E-state index in [0.29, 0.717) is 13.1 Å². The second-order valence-corrected chi connectivity index (χ2v) is 4.68. The molecule has 0 bridgehead atoms. The van der Waals surface area contributed by atoms with E-state index in [1.165, 1.54) is 5.01 Å². The number of hydrogen-bond acceptors (Lipinski definition) is 2. The number of hydrogen-bond donors (Lipinski definition) is 1. The number of nitrogens with one attached hydrogen (secondary N) is 1. The molecule has 0 unspecified atom stereocenters. The van der Waals surface area contributed by atoms with Gasteiger partial charge >= 0.3 is 6.03 Å². The Morgan fingerprint density at radius 3 is 2.78 bits per heavy atom. The summed E-state index contributed by atoms with van der Waals surface area (Å²) >= 11 is 0. The van der Waals surface area contributed by atoms with E-state index in [4.69, 9.17) is 0 Å². The summed E-state index contributed by atoms with van der Waals surface area (Å²) in [5.41, 5.74) is 3.69. The Labute approximate surface area is 105 Å². The molecule has 3 rings (SSSR count). The lowest BCUT2D eigenvalue weighted by Crippen LogP contribution is -2.63. The molecule has 1 N–H and O–H groups in total. The molecule has 0 spiro atoms. The van der Waals surface area contributed by atoms with E-state index in [0.717, 1.165) is 18.4 Å². The fourth-order valence-corrected chi connectivity index (χ4v) is 2.55. The molecular formula is C13H15N3O2. The van der Waals surface area contributed by atoms with Crippen LogP contribution in [-0.4, -0.2) is 34.4 Å². The average molecular weight is 245 g/mol. The highest BCUT2D eigenvalue weighted by Gasteiger charge is 2.41. The fourth-order valence-electron chi connectivity index (χ4n) is 2.55. The van der Waals surface area contributed by atoms with Crippen molar-refractivity contribution in [3.05, 3.63) is 35.9 Å². The Hall–Kier alpha value is -2.04. The van der Waals surface area contributed by atoms with Gasteiger partial charge in [0, 0.05) is 6.54 Å². The van der Waals surface area contributed by atoms with Crippen LogP contribution in [0.15, 0.2) is 30.3 Å². The van der Waals surface area contributed by atoms with Gasteiger partial charge in [0.2, 0.25) is 0 Å². The van der Waals surface area contributed by atoms with E-state index >= 15 is 0 Å². The quantitative estimate of drug-likeness (QED) is 0.848. The van der Waals surface area contributed by atoms with Gasteiger partial charge in [-0.3, -0.25) is 10.2 Å². The van der Waals surface area contributed by atoms with Gasteiger partial charge in [-0.05, 0) is 18.4 Å². The Kier molecular flexibility index (Phi) is 2.66. The molecule has 0 aliphatic carbocycles. The molecule has 1 aromatic carbocycles. The van der Waals surface area contributed by atoms with E-state index in [1.54, 1.807) is 4.90 Å². The first-order valence-corrected chi connectivity index (χ1v) is 6.18. The van der Waals surface area contributed by atoms with E-state index < -0.39 is 0 Å². The lowest BCUT2D eigenvalue weighted by molar-refractivity contribution is -0.132. The van der Waals surface area contributed by atoms with Gasteiger partial charge in [0.1, 0.15) is 6.04 Å². The van der Waals surface area contributed by atoms with Crippen LogP contribution in [0, 0.1) is 0 Å². The summed E-state index contributed by atoms with van der Waals surface area (Å²) < 4.78 is 0. The molecule has 1 atom stereocenters. The minimum atomic E-state index is -0.260. The zero-order valence-corrected chi connectivity index (χ0v) is 10.0. The third kappa shape index (κ3) is 1.81. The molecule has 5 nitrogen and oxygen atoms in total. The van der Waals surface area contributed by atoms with Gasteiger partial charge in [-0.25, -0.2) is 9.80 Å².